The number of unbranched alkanes of at least 4 members (excludes halogenated alkanes) is 2. The van der Waals surface area contributed by atoms with Crippen LogP contribution >= 0.6 is 0 Å². The van der Waals surface area contributed by atoms with Gasteiger partial charge in [0, 0.05) is 52.2 Å². The fourth-order valence-corrected chi connectivity index (χ4v) is 12.8. The van der Waals surface area contributed by atoms with Crippen molar-refractivity contribution in [1.82, 2.24) is 84.2 Å². The van der Waals surface area contributed by atoms with Crippen molar-refractivity contribution in [1.29, 1.82) is 0 Å². The molecule has 0 saturated carbocycles. The van der Waals surface area contributed by atoms with Crippen LogP contribution in [0.1, 0.15) is 199 Å². The quantitative estimate of drug-likeness (QED) is 0.0261. The van der Waals surface area contributed by atoms with E-state index in [4.69, 9.17) is 37.1 Å². The number of hydrogen-bond acceptors (Lipinski definition) is 23. The van der Waals surface area contributed by atoms with E-state index < -0.39 is 179 Å². The molecule has 668 valence electrons. The molecular formula is C78H142N20O19. The Labute approximate surface area is 689 Å². The number of carbonyl (C=O) groups is 16. The number of nitrogens with zero attached hydrogens (tertiary/aromatic N) is 2. The molecule has 39 nitrogen and oxygen atoms in total. The minimum atomic E-state index is -1.38. The Kier molecular flexibility index (Phi) is 50.5. The molecule has 117 heavy (non-hydrogen) atoms. The predicted molar refractivity (Wildman–Crippen MR) is 436 cm³/mol. The summed E-state index contributed by atoms with van der Waals surface area (Å²) in [6.07, 6.45) is 4.45. The van der Waals surface area contributed by atoms with Gasteiger partial charge in [0.25, 0.3) is 0 Å². The molecule has 2 rings (SSSR count). The van der Waals surface area contributed by atoms with Gasteiger partial charge in [-0.2, -0.15) is 0 Å². The lowest BCUT2D eigenvalue weighted by Gasteiger charge is -2.32. The van der Waals surface area contributed by atoms with Crippen molar-refractivity contribution < 1.29 is 90.9 Å². The third kappa shape index (κ3) is 37.8. The van der Waals surface area contributed by atoms with Crippen LogP contribution in [0.4, 0.5) is 0 Å². The summed E-state index contributed by atoms with van der Waals surface area (Å²) in [6.45, 7) is 23.1. The van der Waals surface area contributed by atoms with E-state index in [0.717, 1.165) is 0 Å². The molecule has 0 aliphatic carbocycles. The summed E-state index contributed by atoms with van der Waals surface area (Å²) in [5.74, 6) is -11.5. The van der Waals surface area contributed by atoms with E-state index in [9.17, 15) is 76.7 Å². The first kappa shape index (κ1) is 104. The molecule has 0 radical (unpaired) electrons. The van der Waals surface area contributed by atoms with Gasteiger partial charge in [0.15, 0.2) is 0 Å². The van der Waals surface area contributed by atoms with Gasteiger partial charge in [-0.25, -0.2) is 0 Å². The highest BCUT2D eigenvalue weighted by atomic mass is 16.5. The number of amides is 16. The van der Waals surface area contributed by atoms with Gasteiger partial charge in [-0.3, -0.25) is 76.7 Å². The lowest BCUT2D eigenvalue weighted by atomic mass is 9.97. The number of rotatable bonds is 60. The van der Waals surface area contributed by atoms with Crippen molar-refractivity contribution in [2.45, 2.75) is 283 Å². The molecule has 2 fully saturated rings. The smallest absolute Gasteiger partial charge is 0.246 e. The van der Waals surface area contributed by atoms with Crippen LogP contribution < -0.4 is 97.4 Å². The predicted octanol–water partition coefficient (Wildman–Crippen LogP) is -3.67. The third-order valence-electron chi connectivity index (χ3n) is 20.9. The van der Waals surface area contributed by atoms with Gasteiger partial charge in [0.2, 0.25) is 94.5 Å². The number of hydrogen-bond donors (Lipinski definition) is 18. The summed E-state index contributed by atoms with van der Waals surface area (Å²) in [5.41, 5.74) is 22.4. The zero-order valence-corrected chi connectivity index (χ0v) is 71.6. The molecule has 2 unspecified atom stereocenters. The Bertz CT molecular complexity index is 2990. The summed E-state index contributed by atoms with van der Waals surface area (Å²) in [5, 5.41) is 38.3. The van der Waals surface area contributed by atoms with E-state index in [-0.39, 0.29) is 128 Å². The average molecular weight is 1660 g/mol. The van der Waals surface area contributed by atoms with Gasteiger partial charge < -0.3 is 121 Å². The van der Waals surface area contributed by atoms with Crippen LogP contribution in [0, 0.1) is 23.7 Å². The Morgan fingerprint density at radius 3 is 0.983 bits per heavy atom. The molecule has 2 aliphatic rings. The van der Waals surface area contributed by atoms with Gasteiger partial charge >= 0.3 is 0 Å². The lowest BCUT2D eigenvalue weighted by molar-refractivity contribution is -0.143. The molecule has 39 heteroatoms. The largest absolute Gasteiger partial charge is 0.379 e. The summed E-state index contributed by atoms with van der Waals surface area (Å²) in [4.78, 5) is 219. The molecule has 0 aromatic rings. The van der Waals surface area contributed by atoms with Crippen LogP contribution in [0.25, 0.3) is 0 Å². The Morgan fingerprint density at radius 1 is 0.359 bits per heavy atom. The molecular weight excluding hydrogens is 1520 g/mol. The van der Waals surface area contributed by atoms with Crippen molar-refractivity contribution in [3.05, 3.63) is 0 Å². The average Bonchev–Trinajstić information content (AvgIpc) is 1.70. The first-order valence-electron chi connectivity index (χ1n) is 41.7. The van der Waals surface area contributed by atoms with Crippen LogP contribution in [0.5, 0.6) is 0 Å². The molecule has 16 amide bonds. The van der Waals surface area contributed by atoms with Crippen molar-refractivity contribution in [2.75, 3.05) is 93.0 Å². The van der Waals surface area contributed by atoms with Gasteiger partial charge in [-0.05, 0) is 168 Å². The maximum Gasteiger partial charge on any atom is 0.246 e. The SMILES string of the molecule is CC[C@H](C)C(NC(=O)[C@@H]1CCCN1C(=O)[C@@H](NC(=O)[C@H](C)NC)C(C)C)C(=O)N[C@@H](C)C(=O)N[C@@H](CCC(N)=O)C(=O)N[C@@H](CCCCN)C(=O)NCCCOCCOCCOCCCNC(=O)[C@H](CCCCN)NC(=O)[C@H](CCC(N)=O)NC(=O)[C@H](C)NC(=O)[C@@H](NC(=O)[C@@H]1CCCN1C(=O)C(NC(=O)[C@H](C)NC)C(C)C)[C@@H](C)CC. The second-order valence-electron chi connectivity index (χ2n) is 31.0. The van der Waals surface area contributed by atoms with Gasteiger partial charge in [0.05, 0.1) is 38.5 Å². The molecule has 2 heterocycles. The molecule has 22 N–H and O–H groups in total. The zero-order valence-electron chi connectivity index (χ0n) is 71.6. The minimum Gasteiger partial charge on any atom is -0.379 e. The monoisotopic (exact) mass is 1660 g/mol. The van der Waals surface area contributed by atoms with Crippen LogP contribution in [0.2, 0.25) is 0 Å². The number of ether oxygens (including phenoxy) is 3. The topological polar surface area (TPSA) is 580 Å². The molecule has 0 bridgehead atoms. The minimum absolute atomic E-state index is 0.161. The normalized spacial score (nSPS) is 17.6. The van der Waals surface area contributed by atoms with Crippen LogP contribution in [-0.2, 0) is 90.9 Å². The Balaban J connectivity index is 1.92. The van der Waals surface area contributed by atoms with Crippen molar-refractivity contribution in [2.24, 2.45) is 46.6 Å². The number of likely N-dealkylation sites (tertiary alicyclic amines) is 2. The Morgan fingerprint density at radius 2 is 0.675 bits per heavy atom. The van der Waals surface area contributed by atoms with E-state index >= 15 is 0 Å². The number of likely N-dealkylation sites (N-methyl/N-ethyl adjacent to an activating group) is 2. The fourth-order valence-electron chi connectivity index (χ4n) is 12.8. The van der Waals surface area contributed by atoms with Crippen LogP contribution in [0.3, 0.4) is 0 Å². The van der Waals surface area contributed by atoms with E-state index in [2.05, 4.69) is 74.4 Å². The molecule has 2 aliphatic heterocycles. The van der Waals surface area contributed by atoms with Gasteiger partial charge in [0.1, 0.15) is 72.5 Å². The van der Waals surface area contributed by atoms with E-state index in [0.29, 0.717) is 90.1 Å². The van der Waals surface area contributed by atoms with Gasteiger partial charge in [-0.1, -0.05) is 68.2 Å². The van der Waals surface area contributed by atoms with E-state index in [1.54, 1.807) is 69.5 Å². The second-order valence-corrected chi connectivity index (χ2v) is 31.0. The van der Waals surface area contributed by atoms with Crippen molar-refractivity contribution in [3.63, 3.8) is 0 Å². The van der Waals surface area contributed by atoms with Crippen molar-refractivity contribution >= 4 is 94.5 Å². The standard InChI is InChI=1S/C78H142N20O19/c1-15-47(7)63(95-73(109)57-27-21-37-97(57)77(113)61(45(3)4)93-65(101)49(9)83-13)75(111)87-51(11)67(103)89-55(29-31-59(81)99)71(107)91-53(25-17-19-33-79)69(105)85-35-23-39-115-41-43-117-44-42-116-40-24-36-86-70(106)54(26-18-20-34-80)92-72(108)56(30-32-60(82)100)90-68(104)52(12)88-76(112)64(48(8)16-2)96-74(110)58-28-22-38-98(58)78(114)62(46(5)6)94-66(102)50(10)84-14/h45-58,61-64,83-84H,15-44,79-80H2,1-14H3,(H2,81,99)(H2,82,100)(H,85,105)(H,86,106)(H,87,111)(H,88,112)(H,89,103)(H,90,104)(H,91,107)(H,92,108)(H,93,101)(H,94,102)(H,95,109)(H,96,110)/t47-,48-,49-,50-,51-,52-,53-,54-,55-,56-,57-,58-,61-,62?,63?,64-/m0/s1. The highest BCUT2D eigenvalue weighted by molar-refractivity contribution is 6.00. The summed E-state index contributed by atoms with van der Waals surface area (Å²) < 4.78 is 17.0. The summed E-state index contributed by atoms with van der Waals surface area (Å²) >= 11 is 0. The fraction of sp³-hybridized carbons (Fsp3) is 0.795. The molecule has 0 spiro atoms. The van der Waals surface area contributed by atoms with Crippen molar-refractivity contribution in [3.8, 4) is 0 Å². The molecule has 0 aromatic carbocycles. The number of carbonyl (C=O) groups excluding carboxylic acids is 16. The first-order valence-corrected chi connectivity index (χ1v) is 41.7. The van der Waals surface area contributed by atoms with E-state index in [1.165, 1.54) is 23.6 Å². The maximum atomic E-state index is 14.0. The number of nitrogens with two attached hydrogens (primary N) is 4. The van der Waals surface area contributed by atoms with Gasteiger partial charge in [-0.15, -0.1) is 0 Å². The third-order valence-corrected chi connectivity index (χ3v) is 20.9. The highest BCUT2D eigenvalue weighted by Gasteiger charge is 2.44. The molecule has 0 aromatic heterocycles. The molecule has 2 saturated heterocycles. The molecule has 16 atom stereocenters. The Hall–Kier alpha value is -8.76. The van der Waals surface area contributed by atoms with Crippen LogP contribution in [0.15, 0.2) is 0 Å². The maximum absolute atomic E-state index is 14.0. The highest BCUT2D eigenvalue weighted by Crippen LogP contribution is 2.24. The van der Waals surface area contributed by atoms with E-state index in [1.807, 2.05) is 13.8 Å². The first-order chi connectivity index (χ1) is 55.4. The summed E-state index contributed by atoms with van der Waals surface area (Å²) in [7, 11) is 3.24. The number of nitrogens with one attached hydrogen (secondary N) is 14. The van der Waals surface area contributed by atoms with Crippen LogP contribution in [-0.4, -0.2) is 282 Å². The zero-order chi connectivity index (χ0) is 88.0. The lowest BCUT2D eigenvalue weighted by Crippen LogP contribution is -2.60. The summed E-state index contributed by atoms with van der Waals surface area (Å²) in [6, 6.07) is -14.6. The number of primary amides is 2. The second kappa shape index (κ2) is 56.6.